The highest BCUT2D eigenvalue weighted by molar-refractivity contribution is 5.75. The predicted octanol–water partition coefficient (Wildman–Crippen LogP) is 1.16. The monoisotopic (exact) mass is 263 g/mol. The molecule has 0 heterocycles. The van der Waals surface area contributed by atoms with E-state index in [0.29, 0.717) is 6.07 Å². The van der Waals surface area contributed by atoms with Crippen LogP contribution in [0.5, 0.6) is 5.75 Å². The number of hydrogen-bond acceptors (Lipinski definition) is 4. The molecular weight excluding hydrogens is 251 g/mol. The normalized spacial score (nSPS) is 12.1. The lowest BCUT2D eigenvalue weighted by molar-refractivity contribution is -0.142. The molecule has 0 bridgehead atoms. The summed E-state index contributed by atoms with van der Waals surface area (Å²) in [5.41, 5.74) is 4.86. The summed E-state index contributed by atoms with van der Waals surface area (Å²) in [5.74, 6) is -5.05. The van der Waals surface area contributed by atoms with Crippen molar-refractivity contribution in [1.29, 1.82) is 0 Å². The summed E-state index contributed by atoms with van der Waals surface area (Å²) in [5, 5.41) is 0. The van der Waals surface area contributed by atoms with E-state index in [9.17, 15) is 18.0 Å². The van der Waals surface area contributed by atoms with E-state index in [2.05, 4.69) is 9.47 Å². The van der Waals surface area contributed by atoms with Crippen LogP contribution in [-0.2, 0) is 16.0 Å². The van der Waals surface area contributed by atoms with Crippen molar-refractivity contribution in [2.45, 2.75) is 12.5 Å². The van der Waals surface area contributed by atoms with Crippen molar-refractivity contribution >= 4 is 5.97 Å². The number of esters is 1. The topological polar surface area (TPSA) is 61.5 Å². The summed E-state index contributed by atoms with van der Waals surface area (Å²) >= 11 is 0. The molecule has 0 amide bonds. The molecule has 0 aliphatic heterocycles. The fraction of sp³-hybridized carbons (Fsp3) is 0.364. The second kappa shape index (κ2) is 5.72. The Balaban J connectivity index is 3.13. The smallest absolute Gasteiger partial charge is 0.322 e. The molecule has 1 aromatic carbocycles. The van der Waals surface area contributed by atoms with Gasteiger partial charge in [-0.25, -0.2) is 13.2 Å². The van der Waals surface area contributed by atoms with Gasteiger partial charge >= 0.3 is 5.97 Å². The van der Waals surface area contributed by atoms with Crippen LogP contribution < -0.4 is 10.5 Å². The van der Waals surface area contributed by atoms with Gasteiger partial charge in [0.25, 0.3) is 0 Å². The highest BCUT2D eigenvalue weighted by Crippen LogP contribution is 2.27. The fourth-order valence-electron chi connectivity index (χ4n) is 1.44. The summed E-state index contributed by atoms with van der Waals surface area (Å²) in [6, 6.07) is -0.768. The van der Waals surface area contributed by atoms with Gasteiger partial charge in [0.2, 0.25) is 0 Å². The quantitative estimate of drug-likeness (QED) is 0.828. The van der Waals surface area contributed by atoms with Crippen molar-refractivity contribution in [1.82, 2.24) is 0 Å². The number of methoxy groups -OCH3 is 2. The zero-order chi connectivity index (χ0) is 13.9. The van der Waals surface area contributed by atoms with Crippen LogP contribution in [0.2, 0.25) is 0 Å². The fourth-order valence-corrected chi connectivity index (χ4v) is 1.44. The average molecular weight is 263 g/mol. The zero-order valence-corrected chi connectivity index (χ0v) is 9.80. The molecular formula is C11H12F3NO3. The van der Waals surface area contributed by atoms with Gasteiger partial charge in [0.1, 0.15) is 11.9 Å². The first-order chi connectivity index (χ1) is 8.42. The minimum absolute atomic E-state index is 0.457. The Morgan fingerprint density at radius 2 is 1.94 bits per heavy atom. The lowest BCUT2D eigenvalue weighted by atomic mass is 10.0. The molecule has 1 aromatic rings. The summed E-state index contributed by atoms with van der Waals surface area (Å²) < 4.78 is 49.0. The van der Waals surface area contributed by atoms with Crippen molar-refractivity contribution in [2.75, 3.05) is 14.2 Å². The van der Waals surface area contributed by atoms with Gasteiger partial charge in [-0.1, -0.05) is 0 Å². The second-order valence-electron chi connectivity index (χ2n) is 3.50. The summed E-state index contributed by atoms with van der Waals surface area (Å²) in [6.07, 6.45) is -0.457. The van der Waals surface area contributed by atoms with Crippen LogP contribution >= 0.6 is 0 Å². The summed E-state index contributed by atoms with van der Waals surface area (Å²) in [4.78, 5) is 11.1. The molecule has 0 fully saturated rings. The molecule has 0 aliphatic carbocycles. The number of benzene rings is 1. The Morgan fingerprint density at radius 1 is 1.33 bits per heavy atom. The van der Waals surface area contributed by atoms with E-state index in [1.165, 1.54) is 0 Å². The van der Waals surface area contributed by atoms with Crippen molar-refractivity contribution in [3.8, 4) is 5.75 Å². The Morgan fingerprint density at radius 3 is 2.44 bits per heavy atom. The van der Waals surface area contributed by atoms with Gasteiger partial charge in [-0.15, -0.1) is 0 Å². The van der Waals surface area contributed by atoms with Crippen LogP contribution in [0.4, 0.5) is 13.2 Å². The van der Waals surface area contributed by atoms with Crippen LogP contribution in [0.25, 0.3) is 0 Å². The third-order valence-electron chi connectivity index (χ3n) is 2.36. The summed E-state index contributed by atoms with van der Waals surface area (Å²) in [7, 11) is 2.14. The molecule has 1 unspecified atom stereocenters. The molecule has 2 N–H and O–H groups in total. The molecule has 0 saturated carbocycles. The lowest BCUT2D eigenvalue weighted by Gasteiger charge is -2.13. The Hall–Kier alpha value is -1.76. The molecule has 1 rings (SSSR count). The Labute approximate surface area is 101 Å². The number of rotatable bonds is 4. The Kier molecular flexibility index (Phi) is 4.55. The lowest BCUT2D eigenvalue weighted by Crippen LogP contribution is -2.34. The number of carbonyl (C=O) groups is 1. The molecule has 7 heteroatoms. The SMILES string of the molecule is COC(=O)C(N)Cc1c(F)cc(F)c(OC)c1F. The van der Waals surface area contributed by atoms with Gasteiger partial charge in [0, 0.05) is 18.1 Å². The van der Waals surface area contributed by atoms with Gasteiger partial charge in [0.15, 0.2) is 17.4 Å². The van der Waals surface area contributed by atoms with Gasteiger partial charge in [-0.2, -0.15) is 0 Å². The van der Waals surface area contributed by atoms with E-state index in [1.807, 2.05) is 0 Å². The average Bonchev–Trinajstić information content (AvgIpc) is 2.33. The molecule has 0 saturated heterocycles. The van der Waals surface area contributed by atoms with E-state index in [4.69, 9.17) is 5.73 Å². The molecule has 0 aromatic heterocycles. The van der Waals surface area contributed by atoms with Crippen molar-refractivity contribution in [3.05, 3.63) is 29.1 Å². The van der Waals surface area contributed by atoms with Crippen molar-refractivity contribution in [2.24, 2.45) is 5.73 Å². The second-order valence-corrected chi connectivity index (χ2v) is 3.50. The van der Waals surface area contributed by atoms with Crippen molar-refractivity contribution in [3.63, 3.8) is 0 Å². The van der Waals surface area contributed by atoms with Gasteiger partial charge in [-0.05, 0) is 0 Å². The van der Waals surface area contributed by atoms with Crippen LogP contribution in [0.3, 0.4) is 0 Å². The van der Waals surface area contributed by atoms with E-state index < -0.39 is 47.2 Å². The molecule has 0 spiro atoms. The molecule has 1 atom stereocenters. The molecule has 100 valence electrons. The molecule has 0 aliphatic rings. The van der Waals surface area contributed by atoms with Gasteiger partial charge < -0.3 is 15.2 Å². The van der Waals surface area contributed by atoms with E-state index >= 15 is 0 Å². The molecule has 0 radical (unpaired) electrons. The van der Waals surface area contributed by atoms with E-state index in [0.717, 1.165) is 14.2 Å². The van der Waals surface area contributed by atoms with E-state index in [1.54, 1.807) is 0 Å². The number of ether oxygens (including phenoxy) is 2. The van der Waals surface area contributed by atoms with E-state index in [-0.39, 0.29) is 0 Å². The van der Waals surface area contributed by atoms with Crippen LogP contribution in [-0.4, -0.2) is 26.2 Å². The minimum atomic E-state index is -1.24. The zero-order valence-electron chi connectivity index (χ0n) is 9.80. The van der Waals surface area contributed by atoms with Crippen LogP contribution in [0, 0.1) is 17.5 Å². The number of nitrogens with two attached hydrogens (primary N) is 1. The number of halogens is 3. The number of carbonyl (C=O) groups excluding carboxylic acids is 1. The third-order valence-corrected chi connectivity index (χ3v) is 2.36. The number of hydrogen-bond donors (Lipinski definition) is 1. The first-order valence-electron chi connectivity index (χ1n) is 4.96. The van der Waals surface area contributed by atoms with Crippen molar-refractivity contribution < 1.29 is 27.4 Å². The Bertz CT molecular complexity index is 465. The molecule has 18 heavy (non-hydrogen) atoms. The minimum Gasteiger partial charge on any atom is -0.491 e. The predicted molar refractivity (Wildman–Crippen MR) is 56.6 cm³/mol. The first-order valence-corrected chi connectivity index (χ1v) is 4.96. The maximum Gasteiger partial charge on any atom is 0.322 e. The highest BCUT2D eigenvalue weighted by Gasteiger charge is 2.24. The standard InChI is InChI=1S/C11H12F3NO3/c1-17-10-7(13)4-6(12)5(9(10)14)3-8(15)11(16)18-2/h4,8H,3,15H2,1-2H3. The maximum atomic E-state index is 13.7. The first kappa shape index (κ1) is 14.3. The highest BCUT2D eigenvalue weighted by atomic mass is 19.1. The van der Waals surface area contributed by atoms with Crippen LogP contribution in [0.1, 0.15) is 5.56 Å². The third kappa shape index (κ3) is 2.73. The maximum absolute atomic E-state index is 13.7. The molecule has 4 nitrogen and oxygen atoms in total. The summed E-state index contributed by atoms with van der Waals surface area (Å²) in [6.45, 7) is 0. The largest absolute Gasteiger partial charge is 0.491 e. The van der Waals surface area contributed by atoms with Gasteiger partial charge in [-0.3, -0.25) is 4.79 Å². The van der Waals surface area contributed by atoms with Gasteiger partial charge in [0.05, 0.1) is 14.2 Å². The van der Waals surface area contributed by atoms with Crippen LogP contribution in [0.15, 0.2) is 6.07 Å².